The van der Waals surface area contributed by atoms with Gasteiger partial charge in [0, 0.05) is 38.6 Å². The van der Waals surface area contributed by atoms with Crippen LogP contribution in [0.1, 0.15) is 55.5 Å². The van der Waals surface area contributed by atoms with Crippen LogP contribution in [0.4, 0.5) is 23.4 Å². The van der Waals surface area contributed by atoms with Crippen molar-refractivity contribution < 1.29 is 37.0 Å². The van der Waals surface area contributed by atoms with E-state index in [9.17, 15) is 32.3 Å². The van der Waals surface area contributed by atoms with Crippen molar-refractivity contribution in [2.75, 3.05) is 45.3 Å². The number of aryl methyl sites for hydroxylation is 2. The molecule has 2 unspecified atom stereocenters. The smallest absolute Gasteiger partial charge is 0.435 e. The summed E-state index contributed by atoms with van der Waals surface area (Å²) in [6.07, 6.45) is 0.701. The number of rotatable bonds is 16. The molecule has 0 aromatic carbocycles. The van der Waals surface area contributed by atoms with Crippen LogP contribution >= 0.6 is 0 Å². The van der Waals surface area contributed by atoms with Crippen LogP contribution in [0, 0.1) is 0 Å². The topological polar surface area (TPSA) is 122 Å². The Morgan fingerprint density at radius 2 is 2.02 bits per heavy atom. The highest BCUT2D eigenvalue weighted by molar-refractivity contribution is 5.90. The normalized spacial score (nSPS) is 17.3. The average molecular weight is 599 g/mol. The average Bonchev–Trinajstić information content (AvgIpc) is 3.62. The lowest BCUT2D eigenvalue weighted by Crippen LogP contribution is -2.49. The summed E-state index contributed by atoms with van der Waals surface area (Å²) >= 11 is 0. The third-order valence-electron chi connectivity index (χ3n) is 7.88. The number of nitrogens with one attached hydrogen (secondary N) is 2. The Labute approximate surface area is 241 Å². The number of ether oxygens (including phenoxy) is 1. The van der Waals surface area contributed by atoms with Crippen LogP contribution in [-0.4, -0.2) is 88.8 Å². The molecule has 1 aliphatic carbocycles. The van der Waals surface area contributed by atoms with Crippen LogP contribution in [0.2, 0.25) is 0 Å². The second-order valence-electron chi connectivity index (χ2n) is 10.9. The van der Waals surface area contributed by atoms with Gasteiger partial charge in [0.2, 0.25) is 5.91 Å². The molecule has 1 saturated carbocycles. The highest BCUT2D eigenvalue weighted by Gasteiger charge is 2.54. The second-order valence-corrected chi connectivity index (χ2v) is 10.9. The zero-order valence-electron chi connectivity index (χ0n) is 23.6. The van der Waals surface area contributed by atoms with E-state index >= 15 is 0 Å². The van der Waals surface area contributed by atoms with E-state index in [0.717, 1.165) is 67.1 Å². The number of carbonyl (C=O) groups excluding carboxylic acids is 1. The number of carboxylic acid groups (broad SMARTS) is 1. The number of halogens is 4. The fourth-order valence-electron chi connectivity index (χ4n) is 5.17. The molecular formula is C28H38F4N6O4. The van der Waals surface area contributed by atoms with Crippen molar-refractivity contribution in [1.29, 1.82) is 0 Å². The summed E-state index contributed by atoms with van der Waals surface area (Å²) in [5, 5.41) is 19.1. The van der Waals surface area contributed by atoms with Gasteiger partial charge in [-0.3, -0.25) is 9.48 Å². The van der Waals surface area contributed by atoms with Crippen LogP contribution in [0.5, 0.6) is 0 Å². The first-order chi connectivity index (χ1) is 20.1. The highest BCUT2D eigenvalue weighted by atomic mass is 19.4. The fourth-order valence-corrected chi connectivity index (χ4v) is 5.17. The molecule has 10 nitrogen and oxygen atoms in total. The van der Waals surface area contributed by atoms with Gasteiger partial charge in [-0.1, -0.05) is 6.07 Å². The first-order valence-electron chi connectivity index (χ1n) is 14.3. The fraction of sp³-hybridized carbons (Fsp3) is 0.643. The quantitative estimate of drug-likeness (QED) is 0.199. The largest absolute Gasteiger partial charge is 0.480 e. The standard InChI is InChI=1S/C28H38F4N6O4/c1-42-21(17-29)18-37(14-3-2-6-20-8-7-19-5-4-13-33-24(19)34-20)15-9-22(25(39)40)35-26(41)27(11-12-27)38-16-10-23(36-38)28(30,31)32/h7-8,10,16,21-22H,2-6,9,11-15,17-18H2,1H3,(H,33,34)(H,35,41)(H,39,40). The first kappa shape index (κ1) is 31.7. The number of carboxylic acids is 1. The summed E-state index contributed by atoms with van der Waals surface area (Å²) in [4.78, 5) is 31.7. The Hall–Kier alpha value is -3.26. The lowest BCUT2D eigenvalue weighted by Gasteiger charge is -2.27. The maximum Gasteiger partial charge on any atom is 0.435 e. The summed E-state index contributed by atoms with van der Waals surface area (Å²) in [5.41, 5.74) is -0.259. The number of hydrogen-bond acceptors (Lipinski definition) is 7. The predicted octanol–water partition coefficient (Wildman–Crippen LogP) is 3.41. The molecule has 0 saturated heterocycles. The minimum absolute atomic E-state index is 0.0187. The molecule has 2 aliphatic rings. The molecule has 3 N–H and O–H groups in total. The predicted molar refractivity (Wildman–Crippen MR) is 146 cm³/mol. The third-order valence-corrected chi connectivity index (χ3v) is 7.88. The number of fused-ring (bicyclic) bond motifs is 1. The maximum atomic E-state index is 13.4. The number of aromatic nitrogens is 3. The summed E-state index contributed by atoms with van der Waals surface area (Å²) < 4.78 is 58.6. The molecule has 0 spiro atoms. The van der Waals surface area contributed by atoms with Crippen LogP contribution in [-0.2, 0) is 38.9 Å². The van der Waals surface area contributed by atoms with E-state index < -0.39 is 48.1 Å². The van der Waals surface area contributed by atoms with Crippen molar-refractivity contribution in [2.45, 2.75) is 75.2 Å². The number of unbranched alkanes of at least 4 members (excludes halogenated alkanes) is 1. The molecule has 2 atom stereocenters. The number of carbonyl (C=O) groups is 2. The SMILES string of the molecule is COC(CF)CN(CCCCc1ccc2c(n1)NCCC2)CCC(NC(=O)C1(n2ccc(C(F)(F)F)n2)CC1)C(=O)O. The minimum atomic E-state index is -4.65. The number of amides is 1. The van der Waals surface area contributed by atoms with Crippen LogP contribution < -0.4 is 10.6 Å². The molecule has 3 heterocycles. The number of hydrogen-bond donors (Lipinski definition) is 3. The number of anilines is 1. The van der Waals surface area contributed by atoms with Crippen molar-refractivity contribution in [3.63, 3.8) is 0 Å². The number of pyridine rings is 1. The van der Waals surface area contributed by atoms with Crippen molar-refractivity contribution in [3.05, 3.63) is 41.3 Å². The number of aliphatic carboxylic acids is 1. The first-order valence-corrected chi connectivity index (χ1v) is 14.3. The molecule has 1 amide bonds. The Morgan fingerprint density at radius 3 is 2.67 bits per heavy atom. The summed E-state index contributed by atoms with van der Waals surface area (Å²) in [5.74, 6) is -1.02. The molecule has 2 aromatic rings. The molecule has 0 radical (unpaired) electrons. The zero-order chi connectivity index (χ0) is 30.3. The summed E-state index contributed by atoms with van der Waals surface area (Å²) in [7, 11) is 1.41. The van der Waals surface area contributed by atoms with E-state index in [2.05, 4.69) is 21.8 Å². The van der Waals surface area contributed by atoms with Gasteiger partial charge in [-0.05, 0) is 75.6 Å². The van der Waals surface area contributed by atoms with Crippen molar-refractivity contribution in [2.24, 2.45) is 0 Å². The maximum absolute atomic E-state index is 13.4. The molecular weight excluding hydrogens is 560 g/mol. The summed E-state index contributed by atoms with van der Waals surface area (Å²) in [6.45, 7) is 1.25. The van der Waals surface area contributed by atoms with Crippen LogP contribution in [0.3, 0.4) is 0 Å². The molecule has 4 rings (SSSR count). The van der Waals surface area contributed by atoms with E-state index in [4.69, 9.17) is 9.72 Å². The van der Waals surface area contributed by atoms with E-state index in [1.165, 1.54) is 12.7 Å². The van der Waals surface area contributed by atoms with Gasteiger partial charge in [-0.2, -0.15) is 18.3 Å². The number of methoxy groups -OCH3 is 1. The monoisotopic (exact) mass is 598 g/mol. The van der Waals surface area contributed by atoms with Gasteiger partial charge in [0.1, 0.15) is 24.1 Å². The van der Waals surface area contributed by atoms with Gasteiger partial charge in [0.25, 0.3) is 0 Å². The lowest BCUT2D eigenvalue weighted by molar-refractivity contribution is -0.143. The van der Waals surface area contributed by atoms with E-state index in [1.54, 1.807) is 0 Å². The summed E-state index contributed by atoms with van der Waals surface area (Å²) in [6, 6.07) is 3.64. The van der Waals surface area contributed by atoms with Gasteiger partial charge >= 0.3 is 12.1 Å². The molecule has 42 heavy (non-hydrogen) atoms. The minimum Gasteiger partial charge on any atom is -0.480 e. The molecule has 0 bridgehead atoms. The van der Waals surface area contributed by atoms with Crippen molar-refractivity contribution in [1.82, 2.24) is 25.0 Å². The van der Waals surface area contributed by atoms with Gasteiger partial charge < -0.3 is 25.4 Å². The molecule has 14 heteroatoms. The van der Waals surface area contributed by atoms with E-state index in [-0.39, 0.29) is 32.4 Å². The second kappa shape index (κ2) is 13.8. The van der Waals surface area contributed by atoms with E-state index in [0.29, 0.717) is 6.54 Å². The number of alkyl halides is 4. The van der Waals surface area contributed by atoms with Gasteiger partial charge in [-0.25, -0.2) is 14.2 Å². The third kappa shape index (κ3) is 7.97. The number of nitrogens with zero attached hydrogens (tertiary/aromatic N) is 4. The van der Waals surface area contributed by atoms with Gasteiger partial charge in [-0.15, -0.1) is 0 Å². The lowest BCUT2D eigenvalue weighted by atomic mass is 10.1. The van der Waals surface area contributed by atoms with Gasteiger partial charge in [0.05, 0.1) is 6.10 Å². The van der Waals surface area contributed by atoms with Crippen molar-refractivity contribution >= 4 is 17.7 Å². The van der Waals surface area contributed by atoms with Crippen LogP contribution in [0.15, 0.2) is 24.4 Å². The molecule has 1 aliphatic heterocycles. The Bertz CT molecular complexity index is 1220. The Morgan fingerprint density at radius 1 is 1.24 bits per heavy atom. The van der Waals surface area contributed by atoms with Crippen molar-refractivity contribution in [3.8, 4) is 0 Å². The molecule has 232 valence electrons. The zero-order valence-corrected chi connectivity index (χ0v) is 23.6. The molecule has 1 fully saturated rings. The van der Waals surface area contributed by atoms with E-state index in [1.807, 2.05) is 11.0 Å². The Balaban J connectivity index is 1.32. The molecule has 2 aromatic heterocycles. The van der Waals surface area contributed by atoms with Crippen LogP contribution in [0.25, 0.3) is 0 Å². The van der Waals surface area contributed by atoms with Gasteiger partial charge in [0.15, 0.2) is 5.69 Å². The Kier molecular flexibility index (Phi) is 10.4. The highest BCUT2D eigenvalue weighted by Crippen LogP contribution is 2.44.